The van der Waals surface area contributed by atoms with Crippen LogP contribution in [0.2, 0.25) is 0 Å². The van der Waals surface area contributed by atoms with E-state index < -0.39 is 11.7 Å². The van der Waals surface area contributed by atoms with E-state index in [0.29, 0.717) is 6.61 Å². The molecule has 1 aromatic rings. The maximum Gasteiger partial charge on any atom is 0.408 e. The van der Waals surface area contributed by atoms with Gasteiger partial charge < -0.3 is 14.8 Å². The van der Waals surface area contributed by atoms with Crippen molar-refractivity contribution in [1.82, 2.24) is 5.32 Å². The van der Waals surface area contributed by atoms with E-state index in [1.54, 1.807) is 6.08 Å². The highest BCUT2D eigenvalue weighted by Gasteiger charge is 2.24. The molecule has 35 heavy (non-hydrogen) atoms. The first-order chi connectivity index (χ1) is 16.9. The molecule has 1 amide bonds. The number of ether oxygens (including phenoxy) is 2. The van der Waals surface area contributed by atoms with Crippen LogP contribution >= 0.6 is 0 Å². The van der Waals surface area contributed by atoms with E-state index in [1.807, 2.05) is 39.0 Å². The molecule has 200 valence electrons. The van der Waals surface area contributed by atoms with Crippen LogP contribution in [0.25, 0.3) is 0 Å². The van der Waals surface area contributed by atoms with E-state index in [0.717, 1.165) is 18.4 Å². The minimum atomic E-state index is -0.536. The number of carbonyl (C=O) groups is 1. The van der Waals surface area contributed by atoms with Crippen molar-refractivity contribution in [2.75, 3.05) is 0 Å². The number of rotatable bonds is 20. The summed E-state index contributed by atoms with van der Waals surface area (Å²) in [6.45, 7) is 12.3. The molecule has 4 heteroatoms. The number of hydrogen-bond donors (Lipinski definition) is 1. The molecule has 0 aromatic heterocycles. The summed E-state index contributed by atoms with van der Waals surface area (Å²) in [5, 5.41) is 2.95. The summed E-state index contributed by atoms with van der Waals surface area (Å²) in [4.78, 5) is 12.4. The van der Waals surface area contributed by atoms with Gasteiger partial charge in [-0.15, -0.1) is 6.58 Å². The molecule has 0 saturated heterocycles. The lowest BCUT2D eigenvalue weighted by molar-refractivity contribution is 0.00961. The van der Waals surface area contributed by atoms with Gasteiger partial charge in [-0.3, -0.25) is 0 Å². The maximum atomic E-state index is 12.4. The minimum absolute atomic E-state index is 0.132. The third kappa shape index (κ3) is 17.3. The van der Waals surface area contributed by atoms with Gasteiger partial charge in [0.05, 0.1) is 18.8 Å². The Balaban J connectivity index is 2.36. The number of nitrogens with one attached hydrogen (secondary N) is 1. The summed E-state index contributed by atoms with van der Waals surface area (Å²) in [5.41, 5.74) is 0.591. The molecule has 4 nitrogen and oxygen atoms in total. The molecule has 0 heterocycles. The van der Waals surface area contributed by atoms with Crippen LogP contribution in [0.15, 0.2) is 43.0 Å². The predicted octanol–water partition coefficient (Wildman–Crippen LogP) is 9.13. The lowest BCUT2D eigenvalue weighted by Crippen LogP contribution is -2.45. The van der Waals surface area contributed by atoms with Gasteiger partial charge >= 0.3 is 6.09 Å². The van der Waals surface area contributed by atoms with E-state index >= 15 is 0 Å². The first-order valence-electron chi connectivity index (χ1n) is 14.1. The van der Waals surface area contributed by atoms with E-state index in [2.05, 4.69) is 31.0 Å². The number of amides is 1. The molecule has 0 aliphatic heterocycles. The van der Waals surface area contributed by atoms with Crippen LogP contribution in [0.5, 0.6) is 0 Å². The molecular formula is C31H53NO3. The SMILES string of the molecule is C=C[C@H](NC(=O)OC(C)(C)C)[C@@H](CCCCCCCCCCCCCCC)OCc1ccccc1. The van der Waals surface area contributed by atoms with Crippen molar-refractivity contribution in [2.45, 2.75) is 142 Å². The highest BCUT2D eigenvalue weighted by atomic mass is 16.6. The monoisotopic (exact) mass is 487 g/mol. The topological polar surface area (TPSA) is 47.6 Å². The van der Waals surface area contributed by atoms with E-state index in [-0.39, 0.29) is 12.1 Å². The minimum Gasteiger partial charge on any atom is -0.444 e. The molecule has 1 rings (SSSR count). The van der Waals surface area contributed by atoms with Crippen molar-refractivity contribution in [3.8, 4) is 0 Å². The molecule has 0 bridgehead atoms. The molecule has 1 N–H and O–H groups in total. The third-order valence-corrected chi connectivity index (χ3v) is 6.24. The summed E-state index contributed by atoms with van der Waals surface area (Å²) >= 11 is 0. The molecule has 0 radical (unpaired) electrons. The lowest BCUT2D eigenvalue weighted by Gasteiger charge is -2.28. The van der Waals surface area contributed by atoms with Gasteiger partial charge in [0.1, 0.15) is 5.60 Å². The van der Waals surface area contributed by atoms with Crippen molar-refractivity contribution < 1.29 is 14.3 Å². The molecule has 0 fully saturated rings. The van der Waals surface area contributed by atoms with Crippen LogP contribution in [0.4, 0.5) is 4.79 Å². The van der Waals surface area contributed by atoms with Crippen LogP contribution < -0.4 is 5.32 Å². The Morgan fingerprint density at radius 1 is 0.886 bits per heavy atom. The summed E-state index contributed by atoms with van der Waals surface area (Å²) < 4.78 is 11.7. The highest BCUT2D eigenvalue weighted by Crippen LogP contribution is 2.18. The average molecular weight is 488 g/mol. The summed E-state index contributed by atoms with van der Waals surface area (Å²) in [6.07, 6.45) is 19.4. The number of alkyl carbamates (subject to hydrolysis) is 1. The van der Waals surface area contributed by atoms with Crippen LogP contribution in [-0.4, -0.2) is 23.8 Å². The molecule has 0 saturated carbocycles. The summed E-state index contributed by atoms with van der Waals surface area (Å²) in [7, 11) is 0. The van der Waals surface area contributed by atoms with E-state index in [1.165, 1.54) is 77.0 Å². The zero-order valence-electron chi connectivity index (χ0n) is 23.2. The summed E-state index contributed by atoms with van der Waals surface area (Å²) in [6, 6.07) is 9.88. The van der Waals surface area contributed by atoms with Crippen LogP contribution in [0, 0.1) is 0 Å². The standard InChI is InChI=1S/C31H53NO3/c1-6-8-9-10-11-12-13-14-15-16-17-18-22-25-29(34-26-27-23-20-19-21-24-27)28(7-2)32-30(33)35-31(3,4)5/h7,19-21,23-24,28-29H,2,6,8-18,22,25-26H2,1,3-5H3,(H,32,33)/t28-,29+/m0/s1. The van der Waals surface area contributed by atoms with Crippen molar-refractivity contribution in [1.29, 1.82) is 0 Å². The van der Waals surface area contributed by atoms with Gasteiger partial charge in [0.25, 0.3) is 0 Å². The van der Waals surface area contributed by atoms with Crippen LogP contribution in [0.1, 0.15) is 123 Å². The van der Waals surface area contributed by atoms with E-state index in [4.69, 9.17) is 9.47 Å². The number of hydrogen-bond acceptors (Lipinski definition) is 3. The predicted molar refractivity (Wildman–Crippen MR) is 149 cm³/mol. The van der Waals surface area contributed by atoms with Gasteiger partial charge in [-0.2, -0.15) is 0 Å². The first-order valence-corrected chi connectivity index (χ1v) is 14.1. The highest BCUT2D eigenvalue weighted by molar-refractivity contribution is 5.68. The molecular weight excluding hydrogens is 434 g/mol. The Kier molecular flexibility index (Phi) is 17.3. The Morgan fingerprint density at radius 2 is 1.40 bits per heavy atom. The molecule has 2 atom stereocenters. The van der Waals surface area contributed by atoms with Crippen molar-refractivity contribution in [3.63, 3.8) is 0 Å². The molecule has 1 aromatic carbocycles. The largest absolute Gasteiger partial charge is 0.444 e. The molecule has 0 spiro atoms. The maximum absolute atomic E-state index is 12.4. The van der Waals surface area contributed by atoms with Crippen LogP contribution in [0.3, 0.4) is 0 Å². The van der Waals surface area contributed by atoms with Crippen molar-refractivity contribution in [3.05, 3.63) is 48.6 Å². The van der Waals surface area contributed by atoms with Crippen LogP contribution in [-0.2, 0) is 16.1 Å². The smallest absolute Gasteiger partial charge is 0.408 e. The Hall–Kier alpha value is -1.81. The third-order valence-electron chi connectivity index (χ3n) is 6.24. The molecule has 0 aliphatic carbocycles. The number of benzene rings is 1. The van der Waals surface area contributed by atoms with Gasteiger partial charge in [-0.1, -0.05) is 127 Å². The zero-order valence-corrected chi connectivity index (χ0v) is 23.2. The second-order valence-corrected chi connectivity index (χ2v) is 10.8. The quantitative estimate of drug-likeness (QED) is 0.147. The fraction of sp³-hybridized carbons (Fsp3) is 0.710. The Labute approximate surface area is 216 Å². The van der Waals surface area contributed by atoms with Gasteiger partial charge in [0.15, 0.2) is 0 Å². The lowest BCUT2D eigenvalue weighted by atomic mass is 10.0. The molecule has 0 aliphatic rings. The average Bonchev–Trinajstić information content (AvgIpc) is 2.82. The second kappa shape index (κ2) is 19.4. The fourth-order valence-electron chi connectivity index (χ4n) is 4.25. The van der Waals surface area contributed by atoms with Gasteiger partial charge in [-0.05, 0) is 32.8 Å². The van der Waals surface area contributed by atoms with Crippen molar-refractivity contribution in [2.24, 2.45) is 0 Å². The Morgan fingerprint density at radius 3 is 1.89 bits per heavy atom. The number of unbranched alkanes of at least 4 members (excludes halogenated alkanes) is 12. The normalized spacial score (nSPS) is 13.3. The molecule has 0 unspecified atom stereocenters. The van der Waals surface area contributed by atoms with Gasteiger partial charge in [0.2, 0.25) is 0 Å². The fourth-order valence-corrected chi connectivity index (χ4v) is 4.25. The Bertz CT molecular complexity index is 653. The second-order valence-electron chi connectivity index (χ2n) is 10.8. The number of carbonyl (C=O) groups excluding carboxylic acids is 1. The van der Waals surface area contributed by atoms with Gasteiger partial charge in [0, 0.05) is 0 Å². The zero-order chi connectivity index (χ0) is 25.8. The summed E-state index contributed by atoms with van der Waals surface area (Å²) in [5.74, 6) is 0. The van der Waals surface area contributed by atoms with Gasteiger partial charge in [-0.25, -0.2) is 4.79 Å². The van der Waals surface area contributed by atoms with E-state index in [9.17, 15) is 4.79 Å². The first kappa shape index (κ1) is 31.2. The van der Waals surface area contributed by atoms with Crippen molar-refractivity contribution >= 4 is 6.09 Å².